The Bertz CT molecular complexity index is 1240. The summed E-state index contributed by atoms with van der Waals surface area (Å²) in [6.45, 7) is 0.0740. The van der Waals surface area contributed by atoms with Crippen LogP contribution in [0.15, 0.2) is 71.2 Å². The molecule has 3 N–H and O–H groups in total. The zero-order valence-corrected chi connectivity index (χ0v) is 20.8. The molecule has 0 saturated heterocycles. The summed E-state index contributed by atoms with van der Waals surface area (Å²) in [6, 6.07) is 19.8. The minimum atomic E-state index is -1.13. The van der Waals surface area contributed by atoms with E-state index in [0.717, 1.165) is 22.3 Å². The van der Waals surface area contributed by atoms with Crippen LogP contribution in [0.3, 0.4) is 0 Å². The summed E-state index contributed by atoms with van der Waals surface area (Å²) in [5.41, 5.74) is 4.65. The minimum absolute atomic E-state index is 0.0740. The molecule has 0 aromatic heterocycles. The maximum Gasteiger partial charge on any atom is 0.407 e. The molecule has 180 valence electrons. The van der Waals surface area contributed by atoms with E-state index in [1.54, 1.807) is 18.2 Å². The molecule has 0 heterocycles. The predicted molar refractivity (Wildman–Crippen MR) is 137 cm³/mol. The summed E-state index contributed by atoms with van der Waals surface area (Å²) >= 11 is 9.50. The fourth-order valence-electron chi connectivity index (χ4n) is 4.14. The second-order valence-corrected chi connectivity index (χ2v) is 9.28. The van der Waals surface area contributed by atoms with E-state index in [1.165, 1.54) is 0 Å². The Balaban J connectivity index is 1.44. The number of hydrogen-bond donors (Lipinski definition) is 3. The number of rotatable bonds is 8. The number of hydrogen-bond acceptors (Lipinski definition) is 4. The lowest BCUT2D eigenvalue weighted by molar-refractivity contribution is -0.137. The van der Waals surface area contributed by atoms with Gasteiger partial charge in [-0.05, 0) is 56.7 Å². The van der Waals surface area contributed by atoms with E-state index >= 15 is 0 Å². The fraction of sp³-hybridized carbons (Fsp3) is 0.192. The largest absolute Gasteiger partial charge is 0.481 e. The van der Waals surface area contributed by atoms with Crippen LogP contribution < -0.4 is 10.6 Å². The van der Waals surface area contributed by atoms with Gasteiger partial charge in [0.25, 0.3) is 0 Å². The lowest BCUT2D eigenvalue weighted by Crippen LogP contribution is -2.44. The van der Waals surface area contributed by atoms with E-state index in [-0.39, 0.29) is 25.4 Å². The van der Waals surface area contributed by atoms with Crippen LogP contribution in [0.2, 0.25) is 5.02 Å². The average Bonchev–Trinajstić information content (AvgIpc) is 3.17. The highest BCUT2D eigenvalue weighted by Gasteiger charge is 2.30. The van der Waals surface area contributed by atoms with E-state index in [4.69, 9.17) is 21.4 Å². The highest BCUT2D eigenvalue weighted by molar-refractivity contribution is 9.10. The van der Waals surface area contributed by atoms with Crippen LogP contribution >= 0.6 is 27.5 Å². The highest BCUT2D eigenvalue weighted by atomic mass is 79.9. The minimum Gasteiger partial charge on any atom is -0.481 e. The normalized spacial score (nSPS) is 12.9. The Morgan fingerprint density at radius 2 is 1.60 bits per heavy atom. The van der Waals surface area contributed by atoms with Crippen molar-refractivity contribution in [3.8, 4) is 11.1 Å². The average molecular weight is 558 g/mol. The number of fused-ring (bicyclic) bond motifs is 3. The molecule has 3 aromatic carbocycles. The van der Waals surface area contributed by atoms with Crippen molar-refractivity contribution in [2.24, 2.45) is 0 Å². The summed E-state index contributed by atoms with van der Waals surface area (Å²) in [7, 11) is 0. The summed E-state index contributed by atoms with van der Waals surface area (Å²) in [5.74, 6) is -1.82. The van der Waals surface area contributed by atoms with Gasteiger partial charge in [0, 0.05) is 16.8 Å². The van der Waals surface area contributed by atoms with Crippen molar-refractivity contribution in [3.63, 3.8) is 0 Å². The van der Waals surface area contributed by atoms with Crippen molar-refractivity contribution < 1.29 is 24.2 Å². The standard InChI is InChI=1S/C26H22BrClN2O5/c27-20-10-5-11-21(24(20)28)29-25(33)22(12-13-23(31)32)30-26(34)35-14-19-17-8-3-1-6-15(17)16-7-2-4-9-18(16)19/h1-11,19,22H,12-14H2,(H,29,33)(H,30,34)(H,31,32). The van der Waals surface area contributed by atoms with E-state index in [2.05, 4.69) is 26.6 Å². The smallest absolute Gasteiger partial charge is 0.407 e. The van der Waals surface area contributed by atoms with Gasteiger partial charge in [0.2, 0.25) is 5.91 Å². The number of carboxylic acids is 1. The number of ether oxygens (including phenoxy) is 1. The first-order chi connectivity index (χ1) is 16.8. The van der Waals surface area contributed by atoms with Crippen molar-refractivity contribution in [1.82, 2.24) is 5.32 Å². The highest BCUT2D eigenvalue weighted by Crippen LogP contribution is 2.44. The van der Waals surface area contributed by atoms with E-state index in [0.29, 0.717) is 15.2 Å². The Labute approximate surface area is 215 Å². The van der Waals surface area contributed by atoms with Gasteiger partial charge in [0.05, 0.1) is 10.7 Å². The molecule has 2 amide bonds. The molecule has 0 spiro atoms. The number of carbonyl (C=O) groups is 3. The molecule has 1 atom stereocenters. The molecule has 0 aliphatic heterocycles. The predicted octanol–water partition coefficient (Wildman–Crippen LogP) is 5.81. The first-order valence-electron chi connectivity index (χ1n) is 10.9. The first-order valence-corrected chi connectivity index (χ1v) is 12.1. The zero-order valence-electron chi connectivity index (χ0n) is 18.5. The van der Waals surface area contributed by atoms with Gasteiger partial charge < -0.3 is 20.5 Å². The summed E-state index contributed by atoms with van der Waals surface area (Å²) in [4.78, 5) is 36.6. The quantitative estimate of drug-likeness (QED) is 0.324. The molecule has 3 aromatic rings. The Kier molecular flexibility index (Phi) is 7.73. The molecule has 0 radical (unpaired) electrons. The topological polar surface area (TPSA) is 105 Å². The van der Waals surface area contributed by atoms with Crippen molar-refractivity contribution in [2.75, 3.05) is 11.9 Å². The molecule has 0 fully saturated rings. The first kappa shape index (κ1) is 24.8. The van der Waals surface area contributed by atoms with Crippen molar-refractivity contribution >= 4 is 51.2 Å². The lowest BCUT2D eigenvalue weighted by atomic mass is 9.98. The maximum atomic E-state index is 12.9. The monoisotopic (exact) mass is 556 g/mol. The second-order valence-electron chi connectivity index (χ2n) is 8.05. The summed E-state index contributed by atoms with van der Waals surface area (Å²) < 4.78 is 6.10. The summed E-state index contributed by atoms with van der Waals surface area (Å²) in [5, 5.41) is 14.5. The van der Waals surface area contributed by atoms with Gasteiger partial charge in [0.15, 0.2) is 0 Å². The van der Waals surface area contributed by atoms with Crippen molar-refractivity contribution in [1.29, 1.82) is 0 Å². The number of anilines is 1. The van der Waals surface area contributed by atoms with Gasteiger partial charge in [-0.15, -0.1) is 0 Å². The van der Waals surface area contributed by atoms with Crippen LogP contribution in [0.25, 0.3) is 11.1 Å². The third-order valence-electron chi connectivity index (χ3n) is 5.81. The number of aliphatic carboxylic acids is 1. The molecule has 9 heteroatoms. The third kappa shape index (κ3) is 5.66. The van der Waals surface area contributed by atoms with Crippen molar-refractivity contribution in [2.45, 2.75) is 24.8 Å². The van der Waals surface area contributed by atoms with Gasteiger partial charge in [-0.25, -0.2) is 4.79 Å². The number of amides is 2. The number of carbonyl (C=O) groups excluding carboxylic acids is 2. The van der Waals surface area contributed by atoms with Crippen LogP contribution in [-0.2, 0) is 14.3 Å². The molecule has 1 aliphatic carbocycles. The van der Waals surface area contributed by atoms with Gasteiger partial charge in [-0.2, -0.15) is 0 Å². The zero-order chi connectivity index (χ0) is 24.9. The molecular weight excluding hydrogens is 536 g/mol. The number of halogens is 2. The van der Waals surface area contributed by atoms with Crippen LogP contribution in [0.5, 0.6) is 0 Å². The van der Waals surface area contributed by atoms with Crippen LogP contribution in [-0.4, -0.2) is 35.7 Å². The third-order valence-corrected chi connectivity index (χ3v) is 7.10. The van der Waals surface area contributed by atoms with E-state index in [9.17, 15) is 14.4 Å². The Morgan fingerprint density at radius 3 is 2.23 bits per heavy atom. The molecule has 4 rings (SSSR count). The van der Waals surface area contributed by atoms with E-state index < -0.39 is 24.0 Å². The molecule has 0 saturated carbocycles. The van der Waals surface area contributed by atoms with Crippen molar-refractivity contribution in [3.05, 3.63) is 87.4 Å². The molecule has 35 heavy (non-hydrogen) atoms. The number of benzene rings is 3. The molecule has 7 nitrogen and oxygen atoms in total. The Morgan fingerprint density at radius 1 is 0.971 bits per heavy atom. The number of alkyl carbamates (subject to hydrolysis) is 1. The van der Waals surface area contributed by atoms with Gasteiger partial charge in [-0.3, -0.25) is 9.59 Å². The molecule has 1 unspecified atom stereocenters. The summed E-state index contributed by atoms with van der Waals surface area (Å²) in [6.07, 6.45) is -1.23. The molecule has 1 aliphatic rings. The van der Waals surface area contributed by atoms with Crippen LogP contribution in [0.1, 0.15) is 29.9 Å². The van der Waals surface area contributed by atoms with Gasteiger partial charge in [-0.1, -0.05) is 66.2 Å². The maximum absolute atomic E-state index is 12.9. The molecule has 0 bridgehead atoms. The van der Waals surface area contributed by atoms with Crippen LogP contribution in [0, 0.1) is 0 Å². The number of carboxylic acid groups (broad SMARTS) is 1. The molecular formula is C26H22BrClN2O5. The lowest BCUT2D eigenvalue weighted by Gasteiger charge is -2.20. The SMILES string of the molecule is O=C(O)CCC(NC(=O)OCC1c2ccccc2-c2ccccc21)C(=O)Nc1cccc(Br)c1Cl. The Hall–Kier alpha value is -3.36. The van der Waals surface area contributed by atoms with E-state index in [1.807, 2.05) is 48.5 Å². The van der Waals surface area contributed by atoms with Crippen LogP contribution in [0.4, 0.5) is 10.5 Å². The van der Waals surface area contributed by atoms with Gasteiger partial charge >= 0.3 is 12.1 Å². The number of nitrogens with one attached hydrogen (secondary N) is 2. The van der Waals surface area contributed by atoms with Gasteiger partial charge in [0.1, 0.15) is 12.6 Å². The second kappa shape index (κ2) is 10.9. The fourth-order valence-corrected chi connectivity index (χ4v) is 4.68.